The highest BCUT2D eigenvalue weighted by atomic mass is 16.7. The van der Waals surface area contributed by atoms with E-state index in [0.29, 0.717) is 26.0 Å². The van der Waals surface area contributed by atoms with Crippen LogP contribution >= 0.6 is 0 Å². The number of allylic oxidation sites excluding steroid dienone is 1. The van der Waals surface area contributed by atoms with Crippen molar-refractivity contribution in [3.05, 3.63) is 101 Å². The molecule has 42 heavy (non-hydrogen) atoms. The molecule has 1 aliphatic carbocycles. The Hall–Kier alpha value is -4.07. The monoisotopic (exact) mass is 566 g/mol. The molecule has 6 rings (SSSR count). The van der Waals surface area contributed by atoms with Crippen LogP contribution < -0.4 is 10.1 Å². The number of nitrogens with one attached hydrogen (secondary N) is 2. The minimum atomic E-state index is -0.585. The van der Waals surface area contributed by atoms with Crippen molar-refractivity contribution in [2.45, 2.75) is 44.8 Å². The molecular weight excluding hydrogens is 528 g/mol. The van der Waals surface area contributed by atoms with E-state index in [-0.39, 0.29) is 30.1 Å². The number of aromatic nitrogens is 1. The molecule has 218 valence electrons. The van der Waals surface area contributed by atoms with Gasteiger partial charge in [-0.2, -0.15) is 0 Å². The second-order valence-corrected chi connectivity index (χ2v) is 11.0. The maximum absolute atomic E-state index is 13.5. The molecule has 7 nitrogen and oxygen atoms in total. The van der Waals surface area contributed by atoms with Gasteiger partial charge < -0.3 is 29.6 Å². The van der Waals surface area contributed by atoms with Gasteiger partial charge in [0.25, 0.3) is 5.91 Å². The Morgan fingerprint density at radius 2 is 1.98 bits per heavy atom. The molecule has 0 saturated heterocycles. The molecule has 0 fully saturated rings. The van der Waals surface area contributed by atoms with Crippen LogP contribution in [-0.2, 0) is 27.1 Å². The van der Waals surface area contributed by atoms with Crippen LogP contribution in [0.3, 0.4) is 0 Å². The molecule has 0 radical (unpaired) electrons. The van der Waals surface area contributed by atoms with Crippen molar-refractivity contribution in [1.29, 1.82) is 0 Å². The summed E-state index contributed by atoms with van der Waals surface area (Å²) in [6, 6.07) is 20.9. The number of hydrogen-bond donors (Lipinski definition) is 3. The van der Waals surface area contributed by atoms with E-state index in [1.54, 1.807) is 7.11 Å². The summed E-state index contributed by atoms with van der Waals surface area (Å²) >= 11 is 0. The number of amides is 1. The predicted molar refractivity (Wildman–Crippen MR) is 163 cm³/mol. The molecule has 0 bridgehead atoms. The third-order valence-electron chi connectivity index (χ3n) is 8.54. The van der Waals surface area contributed by atoms with Gasteiger partial charge in [-0.25, -0.2) is 0 Å². The number of methoxy groups -OCH3 is 1. The van der Waals surface area contributed by atoms with E-state index in [1.807, 2.05) is 37.4 Å². The third kappa shape index (κ3) is 5.42. The zero-order valence-corrected chi connectivity index (χ0v) is 24.2. The topological polar surface area (TPSA) is 92.8 Å². The number of aliphatic hydroxyl groups excluding tert-OH is 1. The fraction of sp³-hybridized carbons (Fsp3) is 0.343. The molecule has 7 heteroatoms. The first-order valence-corrected chi connectivity index (χ1v) is 14.8. The number of carbonyl (C=O) groups is 1. The second kappa shape index (κ2) is 12.4. The number of aliphatic hydroxyl groups is 1. The highest BCUT2D eigenvalue weighted by Crippen LogP contribution is 2.46. The maximum atomic E-state index is 13.5. The van der Waals surface area contributed by atoms with Crippen LogP contribution in [0, 0.1) is 5.92 Å². The second-order valence-electron chi connectivity index (χ2n) is 11.0. The van der Waals surface area contributed by atoms with Gasteiger partial charge in [-0.05, 0) is 90.3 Å². The molecule has 0 saturated carbocycles. The van der Waals surface area contributed by atoms with Crippen molar-refractivity contribution in [2.75, 3.05) is 26.9 Å². The number of benzene rings is 3. The molecule has 3 aromatic carbocycles. The molecule has 2 aliphatic rings. The van der Waals surface area contributed by atoms with Gasteiger partial charge in [-0.3, -0.25) is 4.79 Å². The highest BCUT2D eigenvalue weighted by molar-refractivity contribution is 5.92. The zero-order chi connectivity index (χ0) is 29.1. The molecule has 0 spiro atoms. The SMILES string of the molecule is CCO[C@H]1OC(C(=O)NCCc2c[nH]c3ccc(OC)cc23)=C[C@@H](c2cccc3c2Cc2ccccc2-3)[C@@H]1CCCO. The molecule has 4 aromatic rings. The van der Waals surface area contributed by atoms with E-state index in [2.05, 4.69) is 52.8 Å². The minimum absolute atomic E-state index is 0.0370. The Morgan fingerprint density at radius 3 is 2.81 bits per heavy atom. The maximum Gasteiger partial charge on any atom is 0.286 e. The standard InChI is InChI=1S/C35H38N2O5/c1-3-41-35-28(12-7-17-38)31(27-11-6-10-26-25-9-5-4-8-22(25)18-30(26)27)20-33(42-35)34(39)36-16-15-23-21-37-32-14-13-24(40-2)19-29(23)32/h4-6,8-11,13-14,19-21,28,31,35,37-38H,3,7,12,15-18H2,1-2H3,(H,36,39)/t28-,31-,35-/m0/s1. The van der Waals surface area contributed by atoms with Gasteiger partial charge >= 0.3 is 0 Å². The number of hydrogen-bond acceptors (Lipinski definition) is 5. The summed E-state index contributed by atoms with van der Waals surface area (Å²) in [4.78, 5) is 16.8. The highest BCUT2D eigenvalue weighted by Gasteiger charge is 2.39. The Bertz CT molecular complexity index is 1610. The van der Waals surface area contributed by atoms with Gasteiger partial charge in [0.15, 0.2) is 5.76 Å². The Balaban J connectivity index is 1.27. The smallest absolute Gasteiger partial charge is 0.286 e. The van der Waals surface area contributed by atoms with Crippen LogP contribution in [-0.4, -0.2) is 49.2 Å². The summed E-state index contributed by atoms with van der Waals surface area (Å²) < 4.78 is 17.7. The van der Waals surface area contributed by atoms with Crippen LogP contribution in [0.5, 0.6) is 5.75 Å². The summed E-state index contributed by atoms with van der Waals surface area (Å²) in [6.07, 6.45) is 6.24. The number of rotatable bonds is 11. The van der Waals surface area contributed by atoms with Gasteiger partial charge in [0.2, 0.25) is 6.29 Å². The quantitative estimate of drug-likeness (QED) is 0.186. The van der Waals surface area contributed by atoms with Crippen molar-refractivity contribution in [3.8, 4) is 16.9 Å². The first-order valence-electron chi connectivity index (χ1n) is 14.8. The number of H-pyrrole nitrogens is 1. The van der Waals surface area contributed by atoms with Crippen molar-refractivity contribution < 1.29 is 24.1 Å². The predicted octanol–water partition coefficient (Wildman–Crippen LogP) is 5.86. The first kappa shape index (κ1) is 28.1. The van der Waals surface area contributed by atoms with Crippen molar-refractivity contribution in [3.63, 3.8) is 0 Å². The Labute approximate surface area is 246 Å². The van der Waals surface area contributed by atoms with Crippen LogP contribution in [0.2, 0.25) is 0 Å². The lowest BCUT2D eigenvalue weighted by Gasteiger charge is -2.37. The van der Waals surface area contributed by atoms with Crippen LogP contribution in [0.1, 0.15) is 47.9 Å². The Kier molecular flexibility index (Phi) is 8.31. The molecule has 3 atom stereocenters. The molecule has 1 aliphatic heterocycles. The molecule has 0 unspecified atom stereocenters. The number of fused-ring (bicyclic) bond motifs is 4. The van der Waals surface area contributed by atoms with Gasteiger partial charge in [-0.1, -0.05) is 42.5 Å². The van der Waals surface area contributed by atoms with E-state index < -0.39 is 6.29 Å². The van der Waals surface area contributed by atoms with Gasteiger partial charge in [0.05, 0.1) is 7.11 Å². The van der Waals surface area contributed by atoms with Crippen molar-refractivity contribution in [1.82, 2.24) is 10.3 Å². The summed E-state index contributed by atoms with van der Waals surface area (Å²) in [5, 5.41) is 13.8. The first-order chi connectivity index (χ1) is 20.6. The summed E-state index contributed by atoms with van der Waals surface area (Å²) in [5.41, 5.74) is 8.46. The van der Waals surface area contributed by atoms with Gasteiger partial charge in [0.1, 0.15) is 5.75 Å². The molecule has 2 heterocycles. The Morgan fingerprint density at radius 1 is 1.12 bits per heavy atom. The van der Waals surface area contributed by atoms with Crippen LogP contribution in [0.4, 0.5) is 0 Å². The minimum Gasteiger partial charge on any atom is -0.497 e. The zero-order valence-electron chi connectivity index (χ0n) is 24.2. The fourth-order valence-electron chi connectivity index (χ4n) is 6.51. The van der Waals surface area contributed by atoms with Crippen molar-refractivity contribution >= 4 is 16.8 Å². The lowest BCUT2D eigenvalue weighted by atomic mass is 9.78. The summed E-state index contributed by atoms with van der Waals surface area (Å²) in [6.45, 7) is 2.95. The van der Waals surface area contributed by atoms with Crippen LogP contribution in [0.15, 0.2) is 78.7 Å². The fourth-order valence-corrected chi connectivity index (χ4v) is 6.51. The molecule has 3 N–H and O–H groups in total. The van der Waals surface area contributed by atoms with Gasteiger partial charge in [-0.15, -0.1) is 0 Å². The summed E-state index contributed by atoms with van der Waals surface area (Å²) in [7, 11) is 1.66. The summed E-state index contributed by atoms with van der Waals surface area (Å²) in [5.74, 6) is 0.705. The average molecular weight is 567 g/mol. The van der Waals surface area contributed by atoms with Crippen molar-refractivity contribution in [2.24, 2.45) is 5.92 Å². The van der Waals surface area contributed by atoms with Crippen LogP contribution in [0.25, 0.3) is 22.0 Å². The van der Waals surface area contributed by atoms with E-state index >= 15 is 0 Å². The molecule has 1 amide bonds. The molecular formula is C35H38N2O5. The van der Waals surface area contributed by atoms with Gasteiger partial charge in [0, 0.05) is 48.7 Å². The lowest BCUT2D eigenvalue weighted by molar-refractivity contribution is -0.166. The lowest BCUT2D eigenvalue weighted by Crippen LogP contribution is -2.39. The normalized spacial score (nSPS) is 19.1. The van der Waals surface area contributed by atoms with E-state index in [4.69, 9.17) is 14.2 Å². The molecule has 1 aromatic heterocycles. The average Bonchev–Trinajstić information content (AvgIpc) is 3.61. The largest absolute Gasteiger partial charge is 0.497 e. The third-order valence-corrected chi connectivity index (χ3v) is 8.54. The van der Waals surface area contributed by atoms with E-state index in [9.17, 15) is 9.90 Å². The van der Waals surface area contributed by atoms with E-state index in [0.717, 1.165) is 35.1 Å². The number of ether oxygens (including phenoxy) is 3. The number of aromatic amines is 1. The number of carbonyl (C=O) groups excluding carboxylic acids is 1. The van der Waals surface area contributed by atoms with E-state index in [1.165, 1.54) is 27.8 Å².